The van der Waals surface area contributed by atoms with Crippen molar-refractivity contribution in [3.05, 3.63) is 93.9 Å². The maximum absolute atomic E-state index is 12.9. The van der Waals surface area contributed by atoms with E-state index in [2.05, 4.69) is 20.5 Å². The lowest BCUT2D eigenvalue weighted by atomic mass is 10.2. The monoisotopic (exact) mass is 526 g/mol. The van der Waals surface area contributed by atoms with Crippen molar-refractivity contribution >= 4 is 27.6 Å². The molecule has 0 atom stereocenters. The molecule has 1 heterocycles. The molecule has 196 valence electrons. The van der Waals surface area contributed by atoms with E-state index in [-0.39, 0.29) is 36.2 Å². The Morgan fingerprint density at radius 2 is 1.81 bits per heavy atom. The van der Waals surface area contributed by atoms with Gasteiger partial charge in [0.2, 0.25) is 11.9 Å². The molecule has 0 saturated heterocycles. The molecule has 0 radical (unpaired) electrons. The molecule has 3 rings (SSSR count). The molecule has 1 aromatic heterocycles. The first-order valence-corrected chi connectivity index (χ1v) is 12.9. The van der Waals surface area contributed by atoms with E-state index >= 15 is 0 Å². The van der Waals surface area contributed by atoms with Crippen LogP contribution in [-0.4, -0.2) is 38.0 Å². The van der Waals surface area contributed by atoms with Crippen LogP contribution in [0.4, 0.5) is 5.69 Å². The number of carbonyl (C=O) groups excluding carboxylic acids is 1. The third-order valence-electron chi connectivity index (χ3n) is 5.22. The number of carbonyl (C=O) groups is 1. The number of pyridine rings is 1. The van der Waals surface area contributed by atoms with Crippen molar-refractivity contribution in [3.8, 4) is 0 Å². The minimum Gasteiger partial charge on any atom is -0.368 e. The topological polar surface area (TPSA) is 157 Å². The van der Waals surface area contributed by atoms with Crippen LogP contribution in [0, 0.1) is 13.8 Å². The van der Waals surface area contributed by atoms with E-state index < -0.39 is 21.5 Å². The zero-order valence-electron chi connectivity index (χ0n) is 20.6. The molecular weight excluding hydrogens is 496 g/mol. The van der Waals surface area contributed by atoms with Gasteiger partial charge in [0.25, 0.3) is 15.6 Å². The molecule has 5 N–H and O–H groups in total. The zero-order chi connectivity index (χ0) is 26.8. The summed E-state index contributed by atoms with van der Waals surface area (Å²) in [5, 5.41) is 2.63. The second-order valence-electron chi connectivity index (χ2n) is 8.19. The van der Waals surface area contributed by atoms with E-state index in [4.69, 9.17) is 10.6 Å². The van der Waals surface area contributed by atoms with Gasteiger partial charge in [0.05, 0.1) is 18.0 Å². The summed E-state index contributed by atoms with van der Waals surface area (Å²) in [6, 6.07) is 18.8. The first-order chi connectivity index (χ1) is 17.7. The fourth-order valence-electron chi connectivity index (χ4n) is 3.29. The third-order valence-corrected chi connectivity index (χ3v) is 6.58. The highest BCUT2D eigenvalue weighted by molar-refractivity contribution is 7.92. The molecule has 0 aliphatic carbocycles. The van der Waals surface area contributed by atoms with Gasteiger partial charge in [-0.3, -0.25) is 19.1 Å². The number of anilines is 1. The Morgan fingerprint density at radius 3 is 2.54 bits per heavy atom. The molecule has 0 saturated carbocycles. The number of benzene rings is 2. The van der Waals surface area contributed by atoms with Crippen molar-refractivity contribution in [2.45, 2.75) is 31.8 Å². The van der Waals surface area contributed by atoms with Crippen LogP contribution in [0.1, 0.15) is 16.8 Å². The summed E-state index contributed by atoms with van der Waals surface area (Å²) >= 11 is 0. The standard InChI is InChI=1S/C25H30N6O5S/c1-18-7-6-10-21(15-18)37(34,35)30-22-12-11-19(2)31(24(22)33)17-23(32)27-13-14-36-29-25(26)28-16-20-8-4-3-5-9-20/h3-12,15,30H,13-14,16-17H2,1-2H3,(H,27,32)(H3,26,28,29). The van der Waals surface area contributed by atoms with E-state index in [9.17, 15) is 18.0 Å². The molecule has 11 nitrogen and oxygen atoms in total. The first kappa shape index (κ1) is 27.4. The molecule has 0 bridgehead atoms. The molecule has 1 amide bonds. The van der Waals surface area contributed by atoms with E-state index in [1.807, 2.05) is 30.3 Å². The molecule has 0 aliphatic rings. The van der Waals surface area contributed by atoms with Gasteiger partial charge in [0, 0.05) is 12.2 Å². The average molecular weight is 527 g/mol. The summed E-state index contributed by atoms with van der Waals surface area (Å²) in [6.07, 6.45) is 0. The zero-order valence-corrected chi connectivity index (χ0v) is 21.4. The number of aryl methyl sites for hydroxylation is 2. The molecule has 12 heteroatoms. The SMILES string of the molecule is Cc1cccc(S(=O)(=O)Nc2ccc(C)n(CC(=O)NCCONC(N)=NCc3ccccc3)c2=O)c1. The molecule has 0 aliphatic heterocycles. The smallest absolute Gasteiger partial charge is 0.275 e. The van der Waals surface area contributed by atoms with Gasteiger partial charge in [-0.15, -0.1) is 0 Å². The van der Waals surface area contributed by atoms with Gasteiger partial charge >= 0.3 is 0 Å². The van der Waals surface area contributed by atoms with Crippen molar-refractivity contribution in [1.82, 2.24) is 15.4 Å². The second-order valence-corrected chi connectivity index (χ2v) is 9.87. The predicted octanol–water partition coefficient (Wildman–Crippen LogP) is 1.42. The van der Waals surface area contributed by atoms with Crippen molar-refractivity contribution < 1.29 is 18.0 Å². The van der Waals surface area contributed by atoms with Gasteiger partial charge < -0.3 is 15.6 Å². The second kappa shape index (κ2) is 12.7. The van der Waals surface area contributed by atoms with Crippen LogP contribution in [0.5, 0.6) is 0 Å². The van der Waals surface area contributed by atoms with Gasteiger partial charge in [-0.05, 0) is 49.2 Å². The van der Waals surface area contributed by atoms with E-state index in [0.717, 1.165) is 11.1 Å². The van der Waals surface area contributed by atoms with Gasteiger partial charge in [0.1, 0.15) is 12.2 Å². The number of amides is 1. The van der Waals surface area contributed by atoms with Crippen molar-refractivity contribution in [2.75, 3.05) is 17.9 Å². The number of aromatic nitrogens is 1. The van der Waals surface area contributed by atoms with E-state index in [1.165, 1.54) is 22.8 Å². The van der Waals surface area contributed by atoms with E-state index in [0.29, 0.717) is 12.2 Å². The van der Waals surface area contributed by atoms with Crippen molar-refractivity contribution in [1.29, 1.82) is 0 Å². The fourth-order valence-corrected chi connectivity index (χ4v) is 4.45. The predicted molar refractivity (Wildman–Crippen MR) is 141 cm³/mol. The Morgan fingerprint density at radius 1 is 1.05 bits per heavy atom. The Hall–Kier alpha value is -4.16. The first-order valence-electron chi connectivity index (χ1n) is 11.4. The summed E-state index contributed by atoms with van der Waals surface area (Å²) in [5.74, 6) is -0.347. The molecule has 3 aromatic rings. The summed E-state index contributed by atoms with van der Waals surface area (Å²) < 4.78 is 28.9. The summed E-state index contributed by atoms with van der Waals surface area (Å²) in [7, 11) is -3.97. The number of nitrogens with two attached hydrogens (primary N) is 1. The Bertz CT molecular complexity index is 1420. The lowest BCUT2D eigenvalue weighted by molar-refractivity contribution is -0.122. The Kier molecular flexibility index (Phi) is 9.41. The average Bonchev–Trinajstić information content (AvgIpc) is 2.87. The number of sulfonamides is 1. The summed E-state index contributed by atoms with van der Waals surface area (Å²) in [6.45, 7) is 3.76. The number of nitrogens with zero attached hydrogens (tertiary/aromatic N) is 2. The van der Waals surface area contributed by atoms with Crippen LogP contribution in [0.3, 0.4) is 0 Å². The highest BCUT2D eigenvalue weighted by atomic mass is 32.2. The minimum absolute atomic E-state index is 0.0381. The highest BCUT2D eigenvalue weighted by Gasteiger charge is 2.18. The van der Waals surface area contributed by atoms with E-state index in [1.54, 1.807) is 32.0 Å². The minimum atomic E-state index is -3.97. The van der Waals surface area contributed by atoms with Crippen LogP contribution in [-0.2, 0) is 32.7 Å². The number of nitrogens with one attached hydrogen (secondary N) is 3. The Labute approximate surface area is 215 Å². The van der Waals surface area contributed by atoms with Gasteiger partial charge in [-0.2, -0.15) is 0 Å². The van der Waals surface area contributed by atoms with Crippen LogP contribution in [0.2, 0.25) is 0 Å². The van der Waals surface area contributed by atoms with Crippen LogP contribution in [0.25, 0.3) is 0 Å². The van der Waals surface area contributed by atoms with Crippen LogP contribution in [0.15, 0.2) is 81.4 Å². The lowest BCUT2D eigenvalue weighted by Gasteiger charge is -2.14. The molecule has 2 aromatic carbocycles. The number of hydrogen-bond donors (Lipinski definition) is 4. The van der Waals surface area contributed by atoms with Gasteiger partial charge in [-0.25, -0.2) is 18.9 Å². The number of hydroxylamine groups is 1. The molecule has 0 spiro atoms. The molecular formula is C25H30N6O5S. The summed E-state index contributed by atoms with van der Waals surface area (Å²) in [5.41, 5.74) is 9.71. The Balaban J connectivity index is 1.51. The third kappa shape index (κ3) is 8.19. The van der Waals surface area contributed by atoms with Crippen LogP contribution < -0.4 is 26.8 Å². The maximum atomic E-state index is 12.9. The van der Waals surface area contributed by atoms with Crippen molar-refractivity contribution in [3.63, 3.8) is 0 Å². The summed E-state index contributed by atoms with van der Waals surface area (Å²) in [4.78, 5) is 34.7. The molecule has 0 fully saturated rings. The van der Waals surface area contributed by atoms with Gasteiger partial charge in [0.15, 0.2) is 0 Å². The largest absolute Gasteiger partial charge is 0.368 e. The fraction of sp³-hybridized carbons (Fsp3) is 0.240. The van der Waals surface area contributed by atoms with Crippen LogP contribution >= 0.6 is 0 Å². The number of aliphatic imine (C=N–C) groups is 1. The van der Waals surface area contributed by atoms with Gasteiger partial charge in [-0.1, -0.05) is 42.5 Å². The number of guanidine groups is 1. The van der Waals surface area contributed by atoms with Crippen molar-refractivity contribution in [2.24, 2.45) is 10.7 Å². The highest BCUT2D eigenvalue weighted by Crippen LogP contribution is 2.15. The quantitative estimate of drug-likeness (QED) is 0.127. The normalized spacial score (nSPS) is 11.7. The molecule has 0 unspecified atom stereocenters. The lowest BCUT2D eigenvalue weighted by Crippen LogP contribution is -2.38. The number of rotatable bonds is 11. The number of hydrogen-bond acceptors (Lipinski definition) is 6. The maximum Gasteiger partial charge on any atom is 0.275 e. The molecule has 37 heavy (non-hydrogen) atoms.